The van der Waals surface area contributed by atoms with Crippen LogP contribution >= 0.6 is 25.5 Å². The molecular weight excluding hydrogens is 392 g/mol. The largest absolute Gasteiger partial charge is 0.497 e. The van der Waals surface area contributed by atoms with Crippen molar-refractivity contribution in [2.75, 3.05) is 7.11 Å². The second kappa shape index (κ2) is 14.3. The highest BCUT2D eigenvalue weighted by atomic mass is 31.1. The van der Waals surface area contributed by atoms with Crippen molar-refractivity contribution in [2.45, 2.75) is 45.4 Å². The molecule has 11 heteroatoms. The zero-order valence-electron chi connectivity index (χ0n) is 14.2. The lowest BCUT2D eigenvalue weighted by Crippen LogP contribution is -2.04. The number of aromatic nitrogens is 3. The topological polar surface area (TPSA) is 68.1 Å². The normalized spacial score (nSPS) is 12.3. The lowest BCUT2D eigenvalue weighted by Gasteiger charge is -2.07. The second-order valence-electron chi connectivity index (χ2n) is 4.62. The number of aliphatic hydroxyl groups excluding tert-OH is 1. The summed E-state index contributed by atoms with van der Waals surface area (Å²) in [6.45, 7) is 4.08. The van der Waals surface area contributed by atoms with Crippen molar-refractivity contribution in [3.05, 3.63) is 29.8 Å². The molecule has 25 heavy (non-hydrogen) atoms. The quantitative estimate of drug-likeness (QED) is 0.678. The van der Waals surface area contributed by atoms with Crippen molar-refractivity contribution in [3.63, 3.8) is 0 Å². The number of halogens is 3. The smallest absolute Gasteiger partial charge is 0.416 e. The van der Waals surface area contributed by atoms with Gasteiger partial charge in [0.1, 0.15) is 5.75 Å². The Bertz CT molecular complexity index is 539. The van der Waals surface area contributed by atoms with Crippen LogP contribution in [0.5, 0.6) is 5.75 Å². The Morgan fingerprint density at radius 3 is 2.00 bits per heavy atom. The van der Waals surface area contributed by atoms with Crippen molar-refractivity contribution in [2.24, 2.45) is 0 Å². The summed E-state index contributed by atoms with van der Waals surface area (Å²) < 4.78 is 52.1. The summed E-state index contributed by atoms with van der Waals surface area (Å²) in [5.74, 6) is 0.213. The van der Waals surface area contributed by atoms with E-state index in [-0.39, 0.29) is 11.9 Å². The summed E-state index contributed by atoms with van der Waals surface area (Å²) in [5, 5.41) is 8.86. The maximum absolute atomic E-state index is 12.0. The molecular formula is C14H21F3N3O2P3. The highest BCUT2D eigenvalue weighted by Crippen LogP contribution is 2.30. The molecule has 0 amide bonds. The van der Waals surface area contributed by atoms with Crippen LogP contribution in [0.1, 0.15) is 38.7 Å². The molecule has 0 saturated heterocycles. The van der Waals surface area contributed by atoms with E-state index in [0.717, 1.165) is 56.9 Å². The molecule has 0 aliphatic heterocycles. The van der Waals surface area contributed by atoms with Gasteiger partial charge in [0, 0.05) is 0 Å². The Morgan fingerprint density at radius 1 is 1.12 bits per heavy atom. The molecule has 1 unspecified atom stereocenters. The van der Waals surface area contributed by atoms with Crippen LogP contribution in [0, 0.1) is 0 Å². The molecule has 140 valence electrons. The third kappa shape index (κ3) is 13.0. The highest BCUT2D eigenvalue weighted by molar-refractivity contribution is 7.43. The van der Waals surface area contributed by atoms with Gasteiger partial charge in [0.05, 0.1) is 18.8 Å². The molecule has 5 nitrogen and oxygen atoms in total. The van der Waals surface area contributed by atoms with Crippen molar-refractivity contribution in [1.82, 2.24) is 13.5 Å². The fourth-order valence-electron chi connectivity index (χ4n) is 1.44. The first-order chi connectivity index (χ1) is 11.8. The molecule has 0 bridgehead atoms. The summed E-state index contributed by atoms with van der Waals surface area (Å²) >= 11 is 0. The molecule has 2 rings (SSSR count). The average molecular weight is 413 g/mol. The predicted molar refractivity (Wildman–Crippen MR) is 96.6 cm³/mol. The zero-order chi connectivity index (χ0) is 19.1. The third-order valence-electron chi connectivity index (χ3n) is 2.73. The molecule has 0 aliphatic carbocycles. The first-order valence-corrected chi connectivity index (χ1v) is 9.84. The first-order valence-electron chi connectivity index (χ1n) is 7.44. The fourth-order valence-corrected chi connectivity index (χ4v) is 3.27. The van der Waals surface area contributed by atoms with Gasteiger partial charge in [0.25, 0.3) is 0 Å². The van der Waals surface area contributed by atoms with E-state index in [1.807, 2.05) is 6.92 Å². The number of nitrogens with zero attached hydrogens (tertiary/aromatic N) is 3. The van der Waals surface area contributed by atoms with Crippen LogP contribution in [0.3, 0.4) is 0 Å². The number of methoxy groups -OCH3 is 1. The number of alkyl halides is 3. The van der Waals surface area contributed by atoms with Gasteiger partial charge in [-0.2, -0.15) is 26.7 Å². The van der Waals surface area contributed by atoms with Gasteiger partial charge in [-0.1, -0.05) is 26.3 Å². The minimum atomic E-state index is -4.30. The van der Waals surface area contributed by atoms with Crippen LogP contribution in [0.15, 0.2) is 24.3 Å². The molecule has 1 heterocycles. The molecule has 0 spiro atoms. The Balaban J connectivity index is 0.000000377. The molecule has 0 radical (unpaired) electrons. The van der Waals surface area contributed by atoms with E-state index in [4.69, 9.17) is 5.11 Å². The lowest BCUT2D eigenvalue weighted by atomic mass is 10.2. The molecule has 0 saturated carbocycles. The minimum absolute atomic E-state index is 0.0509. The average Bonchev–Trinajstić information content (AvgIpc) is 2.64. The van der Waals surface area contributed by atoms with E-state index >= 15 is 0 Å². The van der Waals surface area contributed by atoms with Gasteiger partial charge in [-0.25, -0.2) is 0 Å². The lowest BCUT2D eigenvalue weighted by molar-refractivity contribution is -0.137. The van der Waals surface area contributed by atoms with Crippen LogP contribution in [0.2, 0.25) is 0 Å². The molecule has 1 atom stereocenters. The van der Waals surface area contributed by atoms with E-state index in [1.165, 1.54) is 19.2 Å². The van der Waals surface area contributed by atoms with Gasteiger partial charge in [-0.05, 0) is 31.0 Å². The molecule has 0 fully saturated rings. The molecule has 1 aromatic carbocycles. The number of benzene rings is 1. The van der Waals surface area contributed by atoms with Gasteiger partial charge in [0.15, 0.2) is 25.5 Å². The van der Waals surface area contributed by atoms with Crippen LogP contribution in [0.25, 0.3) is 0 Å². The standard InChI is InChI=1S/C8H7F3O.C6H14O.N3P3/c1-12-7-4-2-3-6(5-7)8(9,10)11;1-3-5-6(7)4-2;1-4-2-6-3-5-1/h2-5H,1H3;6-7H,3-5H2,1-2H3;. The van der Waals surface area contributed by atoms with Crippen molar-refractivity contribution < 1.29 is 23.0 Å². The van der Waals surface area contributed by atoms with Gasteiger partial charge in [0.2, 0.25) is 0 Å². The van der Waals surface area contributed by atoms with E-state index in [1.54, 1.807) is 0 Å². The molecule has 2 aromatic rings. The van der Waals surface area contributed by atoms with E-state index < -0.39 is 11.7 Å². The maximum atomic E-state index is 12.0. The van der Waals surface area contributed by atoms with Gasteiger partial charge < -0.3 is 9.84 Å². The maximum Gasteiger partial charge on any atom is 0.416 e. The fraction of sp³-hybridized carbons (Fsp3) is 0.571. The summed E-state index contributed by atoms with van der Waals surface area (Å²) in [5.41, 5.74) is -0.693. The minimum Gasteiger partial charge on any atom is -0.497 e. The Kier molecular flexibility index (Phi) is 13.7. The Hall–Kier alpha value is -0.930. The van der Waals surface area contributed by atoms with Crippen molar-refractivity contribution in [3.8, 4) is 5.75 Å². The number of hydrogen-bond acceptors (Lipinski definition) is 5. The summed E-state index contributed by atoms with van der Waals surface area (Å²) in [7, 11) is 3.82. The van der Waals surface area contributed by atoms with Crippen LogP contribution in [-0.4, -0.2) is 31.8 Å². The van der Waals surface area contributed by atoms with Crippen LogP contribution in [-0.2, 0) is 6.18 Å². The van der Waals surface area contributed by atoms with Crippen molar-refractivity contribution in [1.29, 1.82) is 0 Å². The zero-order valence-corrected chi connectivity index (χ0v) is 16.9. The SMILES string of the molecule is CCCC(O)CC.COc1cccc(C(F)(F)F)c1.n1pnpnp1. The Labute approximate surface area is 150 Å². The van der Waals surface area contributed by atoms with Crippen LogP contribution in [0.4, 0.5) is 13.2 Å². The Morgan fingerprint density at radius 2 is 1.68 bits per heavy atom. The predicted octanol–water partition coefficient (Wildman–Crippen LogP) is 5.88. The number of hydrogen-bond donors (Lipinski definition) is 1. The van der Waals surface area contributed by atoms with Gasteiger partial charge >= 0.3 is 6.18 Å². The van der Waals surface area contributed by atoms with Crippen LogP contribution < -0.4 is 4.74 Å². The summed E-state index contributed by atoms with van der Waals surface area (Å²) in [6.07, 6.45) is -1.40. The van der Waals surface area contributed by atoms with Crippen molar-refractivity contribution >= 4 is 25.5 Å². The number of ether oxygens (including phenoxy) is 1. The monoisotopic (exact) mass is 413 g/mol. The summed E-state index contributed by atoms with van der Waals surface area (Å²) in [6, 6.07) is 4.74. The van der Waals surface area contributed by atoms with Gasteiger partial charge in [-0.15, -0.1) is 0 Å². The molecule has 1 N–H and O–H groups in total. The third-order valence-corrected chi connectivity index (χ3v) is 4.65. The summed E-state index contributed by atoms with van der Waals surface area (Å²) in [4.78, 5) is 0. The number of aliphatic hydroxyl groups is 1. The highest BCUT2D eigenvalue weighted by Gasteiger charge is 2.30. The molecule has 0 aliphatic rings. The van der Waals surface area contributed by atoms with Gasteiger partial charge in [-0.3, -0.25) is 0 Å². The van der Waals surface area contributed by atoms with E-state index in [0.29, 0.717) is 0 Å². The van der Waals surface area contributed by atoms with E-state index in [2.05, 4.69) is 25.2 Å². The molecule has 1 aromatic heterocycles. The second-order valence-corrected chi connectivity index (χ2v) is 7.30. The number of rotatable bonds is 4. The first kappa shape index (κ1) is 24.1. The van der Waals surface area contributed by atoms with E-state index in [9.17, 15) is 13.2 Å².